The van der Waals surface area contributed by atoms with Crippen LogP contribution in [0.1, 0.15) is 12.2 Å². The molecule has 0 spiro atoms. The average Bonchev–Trinajstić information content (AvgIpc) is 3.20. The third-order valence-electron chi connectivity index (χ3n) is 4.20. The molecule has 0 saturated carbocycles. The maximum Gasteiger partial charge on any atom is 0.331 e. The van der Waals surface area contributed by atoms with Crippen molar-refractivity contribution in [2.45, 2.75) is 26.1 Å². The lowest BCUT2D eigenvalue weighted by Gasteiger charge is -2.14. The molecule has 27 heavy (non-hydrogen) atoms. The molecule has 8 heteroatoms. The molecule has 0 radical (unpaired) electrons. The number of carbonyl (C=O) groups excluding carboxylic acids is 1. The quantitative estimate of drug-likeness (QED) is 0.599. The first-order valence-corrected chi connectivity index (χ1v) is 8.62. The molecule has 8 nitrogen and oxygen atoms in total. The number of methoxy groups -OCH3 is 1. The summed E-state index contributed by atoms with van der Waals surface area (Å²) in [7, 11) is 1.56. The van der Waals surface area contributed by atoms with Crippen molar-refractivity contribution >= 4 is 16.8 Å². The second kappa shape index (κ2) is 8.50. The van der Waals surface area contributed by atoms with Crippen molar-refractivity contribution in [3.63, 3.8) is 0 Å². The molecule has 2 heterocycles. The molecule has 3 aromatic rings. The largest absolute Gasteiger partial charge is 0.467 e. The number of amides is 1. The fourth-order valence-electron chi connectivity index (χ4n) is 2.89. The molecule has 0 aliphatic rings. The van der Waals surface area contributed by atoms with Gasteiger partial charge in [-0.1, -0.05) is 12.1 Å². The van der Waals surface area contributed by atoms with E-state index in [1.165, 1.54) is 10.8 Å². The third-order valence-corrected chi connectivity index (χ3v) is 4.20. The van der Waals surface area contributed by atoms with Gasteiger partial charge in [0.05, 0.1) is 23.7 Å². The molecule has 0 unspecified atom stereocenters. The Morgan fingerprint density at radius 2 is 1.96 bits per heavy atom. The fourth-order valence-corrected chi connectivity index (χ4v) is 2.89. The molecule has 0 bridgehead atoms. The molecular formula is C19H21N3O5. The minimum Gasteiger partial charge on any atom is -0.467 e. The van der Waals surface area contributed by atoms with Crippen molar-refractivity contribution in [3.05, 3.63) is 69.3 Å². The van der Waals surface area contributed by atoms with Crippen LogP contribution in [0.25, 0.3) is 10.9 Å². The third kappa shape index (κ3) is 4.17. The molecule has 1 aromatic carbocycles. The van der Waals surface area contributed by atoms with E-state index < -0.39 is 5.69 Å². The topological polar surface area (TPSA) is 95.5 Å². The number of hydrogen-bond acceptors (Lipinski definition) is 5. The molecule has 0 aliphatic heterocycles. The van der Waals surface area contributed by atoms with Crippen LogP contribution in [-0.4, -0.2) is 28.8 Å². The zero-order valence-electron chi connectivity index (χ0n) is 15.0. The second-order valence-corrected chi connectivity index (χ2v) is 6.05. The zero-order chi connectivity index (χ0) is 19.2. The maximum atomic E-state index is 12.9. The number of benzene rings is 1. The van der Waals surface area contributed by atoms with Gasteiger partial charge in [0.15, 0.2) is 0 Å². The Morgan fingerprint density at radius 1 is 1.15 bits per heavy atom. The highest BCUT2D eigenvalue weighted by molar-refractivity contribution is 5.81. The van der Waals surface area contributed by atoms with Crippen LogP contribution in [0.5, 0.6) is 0 Å². The molecule has 3 rings (SSSR count). The summed E-state index contributed by atoms with van der Waals surface area (Å²) in [6, 6.07) is 10.3. The van der Waals surface area contributed by atoms with Gasteiger partial charge in [-0.3, -0.25) is 18.7 Å². The van der Waals surface area contributed by atoms with Crippen LogP contribution in [0, 0.1) is 0 Å². The maximum absolute atomic E-state index is 12.9. The number of para-hydroxylation sites is 1. The summed E-state index contributed by atoms with van der Waals surface area (Å²) in [5.74, 6) is 0.269. The van der Waals surface area contributed by atoms with Crippen LogP contribution in [0.3, 0.4) is 0 Å². The highest BCUT2D eigenvalue weighted by atomic mass is 16.5. The number of hydrogen-bond donors (Lipinski definition) is 1. The van der Waals surface area contributed by atoms with E-state index in [0.29, 0.717) is 29.7 Å². The van der Waals surface area contributed by atoms with Crippen molar-refractivity contribution in [2.75, 3.05) is 13.7 Å². The van der Waals surface area contributed by atoms with Gasteiger partial charge in [-0.25, -0.2) is 4.79 Å². The van der Waals surface area contributed by atoms with E-state index in [1.54, 1.807) is 43.5 Å². The summed E-state index contributed by atoms with van der Waals surface area (Å²) in [6.45, 7) is 0.698. The number of carbonyl (C=O) groups is 1. The van der Waals surface area contributed by atoms with Gasteiger partial charge in [-0.05, 0) is 30.7 Å². The SMILES string of the molecule is COCCCn1c(=O)c2ccccc2n(CC(=O)NCc2ccco2)c1=O. The van der Waals surface area contributed by atoms with Gasteiger partial charge in [0.1, 0.15) is 12.3 Å². The summed E-state index contributed by atoms with van der Waals surface area (Å²) < 4.78 is 12.6. The fraction of sp³-hybridized carbons (Fsp3) is 0.316. The van der Waals surface area contributed by atoms with Crippen molar-refractivity contribution in [1.29, 1.82) is 0 Å². The van der Waals surface area contributed by atoms with Crippen LogP contribution in [0.2, 0.25) is 0 Å². The number of nitrogens with zero attached hydrogens (tertiary/aromatic N) is 2. The molecule has 1 N–H and O–H groups in total. The van der Waals surface area contributed by atoms with Gasteiger partial charge < -0.3 is 14.5 Å². The van der Waals surface area contributed by atoms with E-state index in [1.807, 2.05) is 0 Å². The van der Waals surface area contributed by atoms with Crippen LogP contribution in [-0.2, 0) is 29.2 Å². The van der Waals surface area contributed by atoms with Gasteiger partial charge in [0, 0.05) is 20.3 Å². The van der Waals surface area contributed by atoms with Crippen LogP contribution in [0.15, 0.2) is 56.7 Å². The first-order chi connectivity index (χ1) is 13.1. The van der Waals surface area contributed by atoms with E-state index in [0.717, 1.165) is 4.57 Å². The Bertz CT molecular complexity index is 1030. The summed E-state index contributed by atoms with van der Waals surface area (Å²) >= 11 is 0. The standard InChI is InChI=1S/C19H21N3O5/c1-26-10-5-9-21-18(24)15-7-2-3-8-16(15)22(19(21)25)13-17(23)20-12-14-6-4-11-27-14/h2-4,6-8,11H,5,9-10,12-13H2,1H3,(H,20,23). The molecular weight excluding hydrogens is 350 g/mol. The minimum absolute atomic E-state index is 0.190. The molecule has 142 valence electrons. The zero-order valence-corrected chi connectivity index (χ0v) is 15.0. The highest BCUT2D eigenvalue weighted by Gasteiger charge is 2.15. The van der Waals surface area contributed by atoms with E-state index in [-0.39, 0.29) is 31.1 Å². The number of fused-ring (bicyclic) bond motifs is 1. The number of furan rings is 1. The lowest BCUT2D eigenvalue weighted by atomic mass is 10.2. The molecule has 1 amide bonds. The summed E-state index contributed by atoms with van der Waals surface area (Å²) in [5, 5.41) is 3.11. The van der Waals surface area contributed by atoms with Crippen LogP contribution < -0.4 is 16.6 Å². The van der Waals surface area contributed by atoms with Crippen molar-refractivity contribution < 1.29 is 13.9 Å². The number of nitrogens with one attached hydrogen (secondary N) is 1. The van der Waals surface area contributed by atoms with Crippen LogP contribution >= 0.6 is 0 Å². The molecule has 0 atom stereocenters. The molecule has 0 fully saturated rings. The molecule has 0 aliphatic carbocycles. The second-order valence-electron chi connectivity index (χ2n) is 6.05. The minimum atomic E-state index is -0.511. The summed E-state index contributed by atoms with van der Waals surface area (Å²) in [6.07, 6.45) is 2.05. The van der Waals surface area contributed by atoms with Gasteiger partial charge in [-0.15, -0.1) is 0 Å². The average molecular weight is 371 g/mol. The van der Waals surface area contributed by atoms with Crippen LogP contribution in [0.4, 0.5) is 0 Å². The lowest BCUT2D eigenvalue weighted by molar-refractivity contribution is -0.121. The van der Waals surface area contributed by atoms with E-state index in [4.69, 9.17) is 9.15 Å². The monoisotopic (exact) mass is 371 g/mol. The van der Waals surface area contributed by atoms with Crippen molar-refractivity contribution in [2.24, 2.45) is 0 Å². The Balaban J connectivity index is 1.91. The number of rotatable bonds is 8. The normalized spacial score (nSPS) is 11.0. The number of aromatic nitrogens is 2. The van der Waals surface area contributed by atoms with E-state index in [2.05, 4.69) is 5.32 Å². The van der Waals surface area contributed by atoms with Gasteiger partial charge in [-0.2, -0.15) is 0 Å². The smallest absolute Gasteiger partial charge is 0.331 e. The van der Waals surface area contributed by atoms with E-state index in [9.17, 15) is 14.4 Å². The van der Waals surface area contributed by atoms with Crippen molar-refractivity contribution in [1.82, 2.24) is 14.5 Å². The Labute approximate surface area is 155 Å². The van der Waals surface area contributed by atoms with Gasteiger partial charge in [0.2, 0.25) is 5.91 Å². The predicted octanol–water partition coefficient (Wildman–Crippen LogP) is 1.11. The Hall–Kier alpha value is -3.13. The lowest BCUT2D eigenvalue weighted by Crippen LogP contribution is -2.42. The Kier molecular flexibility index (Phi) is 5.87. The van der Waals surface area contributed by atoms with Gasteiger partial charge in [0.25, 0.3) is 5.56 Å². The van der Waals surface area contributed by atoms with Gasteiger partial charge >= 0.3 is 5.69 Å². The Morgan fingerprint density at radius 3 is 2.70 bits per heavy atom. The number of ether oxygens (including phenoxy) is 1. The molecule has 2 aromatic heterocycles. The molecule has 0 saturated heterocycles. The first-order valence-electron chi connectivity index (χ1n) is 8.62. The van der Waals surface area contributed by atoms with Crippen molar-refractivity contribution in [3.8, 4) is 0 Å². The highest BCUT2D eigenvalue weighted by Crippen LogP contribution is 2.08. The van der Waals surface area contributed by atoms with E-state index >= 15 is 0 Å². The first kappa shape index (κ1) is 18.7. The summed E-state index contributed by atoms with van der Waals surface area (Å²) in [5.41, 5.74) is -0.439. The predicted molar refractivity (Wildman–Crippen MR) is 99.5 cm³/mol. The summed E-state index contributed by atoms with van der Waals surface area (Å²) in [4.78, 5) is 37.9.